The second kappa shape index (κ2) is 12.0. The molecular weight excluding hydrogens is 617 g/mol. The van der Waals surface area contributed by atoms with E-state index < -0.39 is 49.5 Å². The van der Waals surface area contributed by atoms with Crippen LogP contribution in [0, 0.1) is 0 Å². The summed E-state index contributed by atoms with van der Waals surface area (Å²) in [6.07, 6.45) is -2.87. The number of hydrogen-bond acceptors (Lipinski definition) is 8. The first kappa shape index (κ1) is 32.0. The number of hydrogen-bond donors (Lipinski definition) is 1. The molecule has 0 aliphatic carbocycles. The fourth-order valence-corrected chi connectivity index (χ4v) is 7.34. The fourth-order valence-electron chi connectivity index (χ4n) is 4.95. The normalized spacial score (nSPS) is 21.3. The van der Waals surface area contributed by atoms with Crippen molar-refractivity contribution in [2.24, 2.45) is 0 Å². The van der Waals surface area contributed by atoms with Gasteiger partial charge in [-0.15, -0.1) is 0 Å². The molecule has 0 saturated carbocycles. The van der Waals surface area contributed by atoms with Gasteiger partial charge in [0.1, 0.15) is 22.2 Å². The van der Waals surface area contributed by atoms with E-state index in [1.807, 2.05) is 0 Å². The summed E-state index contributed by atoms with van der Waals surface area (Å²) < 4.78 is 77.5. The molecule has 15 heteroatoms. The summed E-state index contributed by atoms with van der Waals surface area (Å²) in [5.41, 5.74) is -0.885. The monoisotopic (exact) mass is 642 g/mol. The van der Waals surface area contributed by atoms with Crippen LogP contribution < -0.4 is 14.8 Å². The van der Waals surface area contributed by atoms with Crippen molar-refractivity contribution in [2.75, 3.05) is 27.3 Å². The number of nitrogens with zero attached hydrogens (tertiary/aromatic N) is 1. The first-order valence-electron chi connectivity index (χ1n) is 12.8. The van der Waals surface area contributed by atoms with Gasteiger partial charge in [0.25, 0.3) is 0 Å². The average molecular weight is 643 g/mol. The quantitative estimate of drug-likeness (QED) is 0.386. The molecule has 3 saturated heterocycles. The Hall–Kier alpha value is -3.91. The van der Waals surface area contributed by atoms with Gasteiger partial charge in [0.15, 0.2) is 0 Å². The van der Waals surface area contributed by atoms with Crippen LogP contribution >= 0.6 is 11.6 Å². The molecular formula is C28H26ClF3N2O8S. The Bertz CT molecular complexity index is 1620. The van der Waals surface area contributed by atoms with E-state index in [0.29, 0.717) is 54.3 Å². The molecule has 2 aromatic carbocycles. The number of ether oxygens (including phenoxy) is 2. The zero-order chi connectivity index (χ0) is 31.7. The highest BCUT2D eigenvalue weighted by molar-refractivity contribution is 7.94. The number of benzene rings is 2. The van der Waals surface area contributed by atoms with E-state index >= 15 is 0 Å². The Morgan fingerprint density at radius 2 is 1.65 bits per heavy atom. The highest BCUT2D eigenvalue weighted by Gasteiger charge is 2.70. The van der Waals surface area contributed by atoms with E-state index in [4.69, 9.17) is 21.1 Å². The van der Waals surface area contributed by atoms with Crippen LogP contribution in [0.5, 0.6) is 11.5 Å². The summed E-state index contributed by atoms with van der Waals surface area (Å²) in [7, 11) is -2.34. The predicted molar refractivity (Wildman–Crippen MR) is 147 cm³/mol. The van der Waals surface area contributed by atoms with Gasteiger partial charge in [-0.3, -0.25) is 19.2 Å². The zero-order valence-corrected chi connectivity index (χ0v) is 24.5. The van der Waals surface area contributed by atoms with Gasteiger partial charge >= 0.3 is 6.18 Å². The first-order valence-corrected chi connectivity index (χ1v) is 14.7. The lowest BCUT2D eigenvalue weighted by molar-refractivity contribution is -0.150. The fraction of sp³-hybridized carbons (Fsp3) is 0.357. The molecule has 3 aliphatic rings. The van der Waals surface area contributed by atoms with Crippen molar-refractivity contribution in [3.63, 3.8) is 0 Å². The van der Waals surface area contributed by atoms with E-state index in [9.17, 15) is 40.8 Å². The third-order valence-corrected chi connectivity index (χ3v) is 9.78. The summed E-state index contributed by atoms with van der Waals surface area (Å²) in [6, 6.07) is 6.56. The number of carbonyl (C=O) groups is 4. The minimum atomic E-state index is -4.84. The highest BCUT2D eigenvalue weighted by atomic mass is 35.5. The third kappa shape index (κ3) is 5.98. The highest BCUT2D eigenvalue weighted by Crippen LogP contribution is 2.50. The van der Waals surface area contributed by atoms with Gasteiger partial charge in [0.2, 0.25) is 32.3 Å². The van der Waals surface area contributed by atoms with E-state index in [1.165, 1.54) is 19.3 Å². The van der Waals surface area contributed by atoms with Gasteiger partial charge in [0.05, 0.1) is 32.7 Å². The number of nitrogens with one attached hydrogen (secondary N) is 1. The van der Waals surface area contributed by atoms with Gasteiger partial charge in [-0.2, -0.15) is 13.2 Å². The molecule has 2 aromatic rings. The number of rotatable bonds is 5. The number of carbonyl (C=O) groups excluding carboxylic acids is 4. The second-order valence-electron chi connectivity index (χ2n) is 9.83. The van der Waals surface area contributed by atoms with Gasteiger partial charge in [0, 0.05) is 42.0 Å². The minimum Gasteiger partial charge on any atom is -0.496 e. The van der Waals surface area contributed by atoms with Crippen LogP contribution in [-0.4, -0.2) is 68.9 Å². The van der Waals surface area contributed by atoms with Crippen molar-refractivity contribution in [3.05, 3.63) is 58.1 Å². The number of sulfone groups is 1. The first-order chi connectivity index (χ1) is 20.1. The molecule has 3 heterocycles. The molecule has 0 spiro atoms. The van der Waals surface area contributed by atoms with E-state index in [0.717, 1.165) is 18.1 Å². The molecule has 0 radical (unpaired) electrons. The third-order valence-electron chi connectivity index (χ3n) is 7.21. The maximum Gasteiger partial charge on any atom is 0.416 e. The summed E-state index contributed by atoms with van der Waals surface area (Å²) in [4.78, 5) is 44.6. The number of fused-ring (bicyclic) bond motifs is 1. The molecule has 10 nitrogen and oxygen atoms in total. The van der Waals surface area contributed by atoms with Crippen molar-refractivity contribution < 1.29 is 50.2 Å². The van der Waals surface area contributed by atoms with Crippen LogP contribution in [0.3, 0.4) is 0 Å². The topological polar surface area (TPSA) is 136 Å². The van der Waals surface area contributed by atoms with E-state index in [1.54, 1.807) is 12.1 Å². The van der Waals surface area contributed by atoms with Gasteiger partial charge in [-0.05, 0) is 42.5 Å². The largest absolute Gasteiger partial charge is 0.496 e. The number of Topliss-reactive ketones (excluding diaryl/α,β-unsaturated/α-hetero) is 2. The summed E-state index contributed by atoms with van der Waals surface area (Å²) in [5.74, 6) is -1.36. The summed E-state index contributed by atoms with van der Waals surface area (Å²) >= 11 is 6.02. The number of β-lactam (4-membered cyclic amide) rings is 1. The standard InChI is InChI=1S/C22H17ClF3NO6S.C6H9NO2/c1-32-16-6-4-15(23)8-12(16)7-13-11-27-19(28)10-21(27,20(13)29)34(30,31)18-9-14(22(24,25)26)3-5-17(18)33-2;8-5-1-2-6(9)7-4-3-5/h3-9H,10-11H2,1-2H3;1-4H2,(H,7,9). The maximum absolute atomic E-state index is 13.7. The Morgan fingerprint density at radius 1 is 0.977 bits per heavy atom. The lowest BCUT2D eigenvalue weighted by Gasteiger charge is -2.44. The summed E-state index contributed by atoms with van der Waals surface area (Å²) in [6.45, 7) is 0.186. The van der Waals surface area contributed by atoms with Crippen LogP contribution in [-0.2, 0) is 35.2 Å². The number of amides is 2. The van der Waals surface area contributed by atoms with Crippen LogP contribution in [0.1, 0.15) is 36.8 Å². The van der Waals surface area contributed by atoms with Gasteiger partial charge in [-0.25, -0.2) is 8.42 Å². The lowest BCUT2D eigenvalue weighted by atomic mass is 9.99. The van der Waals surface area contributed by atoms with Crippen LogP contribution in [0.25, 0.3) is 6.08 Å². The molecule has 2 amide bonds. The molecule has 3 aliphatic heterocycles. The van der Waals surface area contributed by atoms with Crippen LogP contribution in [0.4, 0.5) is 13.2 Å². The van der Waals surface area contributed by atoms with Gasteiger partial charge in [-0.1, -0.05) is 11.6 Å². The van der Waals surface area contributed by atoms with Crippen molar-refractivity contribution >= 4 is 50.9 Å². The van der Waals surface area contributed by atoms with Crippen molar-refractivity contribution in [2.45, 2.75) is 41.6 Å². The molecule has 230 valence electrons. The molecule has 1 N–H and O–H groups in total. The Labute approximate surface area is 249 Å². The molecule has 0 bridgehead atoms. The molecule has 43 heavy (non-hydrogen) atoms. The van der Waals surface area contributed by atoms with Crippen LogP contribution in [0.2, 0.25) is 5.02 Å². The smallest absolute Gasteiger partial charge is 0.416 e. The number of ketones is 2. The average Bonchev–Trinajstić information content (AvgIpc) is 3.04. The Balaban J connectivity index is 0.000000403. The zero-order valence-electron chi connectivity index (χ0n) is 22.9. The van der Waals surface area contributed by atoms with E-state index in [-0.39, 0.29) is 29.6 Å². The Kier molecular flexibility index (Phi) is 8.93. The van der Waals surface area contributed by atoms with Crippen LogP contribution in [0.15, 0.2) is 46.9 Å². The van der Waals surface area contributed by atoms with Crippen molar-refractivity contribution in [1.82, 2.24) is 10.2 Å². The maximum atomic E-state index is 13.7. The predicted octanol–water partition coefficient (Wildman–Crippen LogP) is 3.60. The van der Waals surface area contributed by atoms with Crippen molar-refractivity contribution in [3.8, 4) is 11.5 Å². The van der Waals surface area contributed by atoms with Gasteiger partial charge < -0.3 is 19.7 Å². The molecule has 3 fully saturated rings. The molecule has 5 rings (SSSR count). The number of methoxy groups -OCH3 is 2. The Morgan fingerprint density at radius 3 is 2.28 bits per heavy atom. The summed E-state index contributed by atoms with van der Waals surface area (Å²) in [5, 5.41) is 2.94. The van der Waals surface area contributed by atoms with Crippen molar-refractivity contribution in [1.29, 1.82) is 0 Å². The molecule has 0 aromatic heterocycles. The SMILES string of the molecule is COc1ccc(Cl)cc1C=C1CN2C(=O)CC2(S(=O)(=O)c2cc(C(F)(F)F)ccc2OC)C1=O.O=C1CCNC(=O)CC1. The van der Waals surface area contributed by atoms with E-state index in [2.05, 4.69) is 5.32 Å². The minimum absolute atomic E-state index is 0.000787. The second-order valence-corrected chi connectivity index (χ2v) is 12.4. The molecule has 1 unspecified atom stereocenters. The lowest BCUT2D eigenvalue weighted by Crippen LogP contribution is -2.67. The number of halogens is 4. The number of alkyl halides is 3. The molecule has 1 atom stereocenters.